The van der Waals surface area contributed by atoms with Crippen molar-refractivity contribution < 1.29 is 14.8 Å². The number of hydrogen-bond acceptors (Lipinski definition) is 4. The Hall–Kier alpha value is -2.89. The number of nitro groups is 1. The van der Waals surface area contributed by atoms with E-state index in [0.29, 0.717) is 11.1 Å². The van der Waals surface area contributed by atoms with Gasteiger partial charge < -0.3 is 10.4 Å². The Morgan fingerprint density at radius 2 is 2.00 bits per heavy atom. The van der Waals surface area contributed by atoms with E-state index in [2.05, 4.69) is 5.32 Å². The normalized spacial score (nSPS) is 10.1. The summed E-state index contributed by atoms with van der Waals surface area (Å²) in [5.41, 5.74) is 1.19. The largest absolute Gasteiger partial charge is 0.508 e. The van der Waals surface area contributed by atoms with Crippen molar-refractivity contribution in [1.29, 1.82) is 0 Å². The predicted octanol–water partition coefficient (Wildman–Crippen LogP) is 2.54. The summed E-state index contributed by atoms with van der Waals surface area (Å²) in [5, 5.41) is 23.1. The molecule has 2 N–H and O–H groups in total. The Morgan fingerprint density at radius 3 is 2.67 bits per heavy atom. The van der Waals surface area contributed by atoms with Crippen LogP contribution < -0.4 is 5.32 Å². The predicted molar refractivity (Wildman–Crippen MR) is 77.1 cm³/mol. The van der Waals surface area contributed by atoms with Crippen LogP contribution in [-0.4, -0.2) is 15.9 Å². The molecule has 0 aromatic heterocycles. The molecule has 0 spiro atoms. The minimum Gasteiger partial charge on any atom is -0.508 e. The zero-order valence-corrected chi connectivity index (χ0v) is 11.4. The zero-order valence-electron chi connectivity index (χ0n) is 11.4. The second-order valence-corrected chi connectivity index (χ2v) is 4.57. The number of aryl methyl sites for hydroxylation is 1. The van der Waals surface area contributed by atoms with E-state index in [9.17, 15) is 20.0 Å². The van der Waals surface area contributed by atoms with Crippen molar-refractivity contribution in [2.45, 2.75) is 13.5 Å². The summed E-state index contributed by atoms with van der Waals surface area (Å²) in [5.74, 6) is -0.339. The molecule has 0 aliphatic rings. The van der Waals surface area contributed by atoms with Crippen molar-refractivity contribution in [3.05, 3.63) is 69.3 Å². The number of nitrogens with one attached hydrogen (secondary N) is 1. The maximum Gasteiger partial charge on any atom is 0.273 e. The van der Waals surface area contributed by atoms with Gasteiger partial charge in [-0.15, -0.1) is 0 Å². The standard InChI is InChI=1S/C15H14N2O4/c1-10-6-7-11(8-13(10)17(20)21)15(19)16-9-12-4-2-3-5-14(12)18/h2-8,18H,9H2,1H3,(H,16,19). The highest BCUT2D eigenvalue weighted by molar-refractivity contribution is 5.94. The van der Waals surface area contributed by atoms with Crippen LogP contribution in [0, 0.1) is 17.0 Å². The van der Waals surface area contributed by atoms with Gasteiger partial charge in [0.1, 0.15) is 5.75 Å². The first-order chi connectivity index (χ1) is 9.99. The van der Waals surface area contributed by atoms with Gasteiger partial charge in [0.05, 0.1) is 4.92 Å². The fourth-order valence-electron chi connectivity index (χ4n) is 1.89. The van der Waals surface area contributed by atoms with Crippen LogP contribution in [0.3, 0.4) is 0 Å². The molecule has 2 aromatic carbocycles. The lowest BCUT2D eigenvalue weighted by Gasteiger charge is -2.07. The average Bonchev–Trinajstić information content (AvgIpc) is 2.46. The summed E-state index contributed by atoms with van der Waals surface area (Å²) in [4.78, 5) is 22.3. The first-order valence-corrected chi connectivity index (χ1v) is 6.29. The van der Waals surface area contributed by atoms with Gasteiger partial charge in [0.25, 0.3) is 11.6 Å². The van der Waals surface area contributed by atoms with Crippen LogP contribution in [0.2, 0.25) is 0 Å². The third-order valence-electron chi connectivity index (χ3n) is 3.10. The van der Waals surface area contributed by atoms with Crippen molar-refractivity contribution in [1.82, 2.24) is 5.32 Å². The van der Waals surface area contributed by atoms with Gasteiger partial charge in [0.2, 0.25) is 0 Å². The number of phenolic OH excluding ortho intramolecular Hbond substituents is 1. The summed E-state index contributed by atoms with van der Waals surface area (Å²) in [6, 6.07) is 11.0. The molecule has 6 nitrogen and oxygen atoms in total. The fraction of sp³-hybridized carbons (Fsp3) is 0.133. The van der Waals surface area contributed by atoms with Crippen LogP contribution in [0.4, 0.5) is 5.69 Å². The fourth-order valence-corrected chi connectivity index (χ4v) is 1.89. The average molecular weight is 286 g/mol. The van der Waals surface area contributed by atoms with Crippen LogP contribution in [-0.2, 0) is 6.54 Å². The number of rotatable bonds is 4. The van der Waals surface area contributed by atoms with Gasteiger partial charge in [-0.1, -0.05) is 24.3 Å². The van der Waals surface area contributed by atoms with Crippen LogP contribution >= 0.6 is 0 Å². The monoisotopic (exact) mass is 286 g/mol. The Balaban J connectivity index is 2.12. The summed E-state index contributed by atoms with van der Waals surface area (Å²) in [7, 11) is 0. The number of benzene rings is 2. The maximum atomic E-state index is 12.0. The number of nitrogens with zero attached hydrogens (tertiary/aromatic N) is 1. The van der Waals surface area contributed by atoms with Gasteiger partial charge in [0.15, 0.2) is 0 Å². The lowest BCUT2D eigenvalue weighted by molar-refractivity contribution is -0.385. The molecular formula is C15H14N2O4. The number of carbonyl (C=O) groups excluding carboxylic acids is 1. The maximum absolute atomic E-state index is 12.0. The molecule has 0 aliphatic heterocycles. The molecule has 0 fully saturated rings. The molecular weight excluding hydrogens is 272 g/mol. The SMILES string of the molecule is Cc1ccc(C(=O)NCc2ccccc2O)cc1[N+](=O)[O-]. The summed E-state index contributed by atoms with van der Waals surface area (Å²) >= 11 is 0. The highest BCUT2D eigenvalue weighted by atomic mass is 16.6. The molecule has 21 heavy (non-hydrogen) atoms. The summed E-state index contributed by atoms with van der Waals surface area (Å²) in [6.45, 7) is 1.76. The minimum atomic E-state index is -0.519. The molecule has 0 atom stereocenters. The molecule has 0 saturated carbocycles. The molecule has 2 rings (SSSR count). The van der Waals surface area contributed by atoms with Crippen LogP contribution in [0.1, 0.15) is 21.5 Å². The number of hydrogen-bond donors (Lipinski definition) is 2. The van der Waals surface area contributed by atoms with Crippen molar-refractivity contribution >= 4 is 11.6 Å². The number of para-hydroxylation sites is 1. The molecule has 0 bridgehead atoms. The third kappa shape index (κ3) is 3.36. The van der Waals surface area contributed by atoms with E-state index >= 15 is 0 Å². The third-order valence-corrected chi connectivity index (χ3v) is 3.10. The lowest BCUT2D eigenvalue weighted by Crippen LogP contribution is -2.22. The van der Waals surface area contributed by atoms with Crippen molar-refractivity contribution in [2.24, 2.45) is 0 Å². The van der Waals surface area contributed by atoms with E-state index in [1.165, 1.54) is 24.3 Å². The topological polar surface area (TPSA) is 92.5 Å². The number of aromatic hydroxyl groups is 1. The van der Waals surface area contributed by atoms with Gasteiger partial charge in [-0.3, -0.25) is 14.9 Å². The number of nitro benzene ring substituents is 1. The van der Waals surface area contributed by atoms with E-state index < -0.39 is 10.8 Å². The molecule has 0 unspecified atom stereocenters. The molecule has 0 saturated heterocycles. The number of carbonyl (C=O) groups is 1. The lowest BCUT2D eigenvalue weighted by atomic mass is 10.1. The van der Waals surface area contributed by atoms with Crippen LogP contribution in [0.15, 0.2) is 42.5 Å². The highest BCUT2D eigenvalue weighted by Crippen LogP contribution is 2.19. The Labute approximate surface area is 121 Å². The van der Waals surface area contributed by atoms with E-state index in [4.69, 9.17) is 0 Å². The summed E-state index contributed by atoms with van der Waals surface area (Å²) < 4.78 is 0. The first kappa shape index (κ1) is 14.5. The highest BCUT2D eigenvalue weighted by Gasteiger charge is 2.15. The Morgan fingerprint density at radius 1 is 1.29 bits per heavy atom. The Kier molecular flexibility index (Phi) is 4.18. The molecule has 1 amide bonds. The van der Waals surface area contributed by atoms with Gasteiger partial charge in [-0.25, -0.2) is 0 Å². The minimum absolute atomic E-state index is 0.0905. The van der Waals surface area contributed by atoms with Gasteiger partial charge in [-0.2, -0.15) is 0 Å². The molecule has 108 valence electrons. The molecule has 0 aliphatic carbocycles. The second-order valence-electron chi connectivity index (χ2n) is 4.57. The van der Waals surface area contributed by atoms with Gasteiger partial charge in [0, 0.05) is 29.3 Å². The molecule has 0 radical (unpaired) electrons. The molecule has 2 aromatic rings. The smallest absolute Gasteiger partial charge is 0.273 e. The van der Waals surface area contributed by atoms with Gasteiger partial charge >= 0.3 is 0 Å². The molecule has 6 heteroatoms. The Bertz CT molecular complexity index is 698. The second kappa shape index (κ2) is 6.04. The van der Waals surface area contributed by atoms with Gasteiger partial charge in [-0.05, 0) is 19.1 Å². The zero-order chi connectivity index (χ0) is 15.4. The van der Waals surface area contributed by atoms with E-state index in [1.807, 2.05) is 0 Å². The molecule has 0 heterocycles. The first-order valence-electron chi connectivity index (χ1n) is 6.29. The van der Waals surface area contributed by atoms with Crippen molar-refractivity contribution in [3.8, 4) is 5.75 Å². The summed E-state index contributed by atoms with van der Waals surface area (Å²) in [6.07, 6.45) is 0. The quantitative estimate of drug-likeness (QED) is 0.667. The number of phenols is 1. The van der Waals surface area contributed by atoms with Crippen LogP contribution in [0.5, 0.6) is 5.75 Å². The van der Waals surface area contributed by atoms with E-state index in [0.717, 1.165) is 0 Å². The van der Waals surface area contributed by atoms with E-state index in [-0.39, 0.29) is 23.5 Å². The number of amides is 1. The van der Waals surface area contributed by atoms with Crippen molar-refractivity contribution in [2.75, 3.05) is 0 Å². The van der Waals surface area contributed by atoms with Crippen molar-refractivity contribution in [3.63, 3.8) is 0 Å². The van der Waals surface area contributed by atoms with E-state index in [1.54, 1.807) is 25.1 Å². The van der Waals surface area contributed by atoms with Crippen LogP contribution in [0.25, 0.3) is 0 Å².